The zero-order valence-electron chi connectivity index (χ0n) is 17.4. The second kappa shape index (κ2) is 13.1. The van der Waals surface area contributed by atoms with E-state index in [-0.39, 0.29) is 30.5 Å². The van der Waals surface area contributed by atoms with E-state index in [2.05, 4.69) is 27.4 Å². The van der Waals surface area contributed by atoms with Crippen molar-refractivity contribution in [3.63, 3.8) is 0 Å². The Morgan fingerprint density at radius 1 is 1.29 bits per heavy atom. The largest absolute Gasteiger partial charge is 0.497 e. The molecule has 1 aromatic carbocycles. The molecule has 0 aliphatic carbocycles. The maximum absolute atomic E-state index is 10.6. The third kappa shape index (κ3) is 6.97. The van der Waals surface area contributed by atoms with Crippen LogP contribution in [-0.2, 0) is 0 Å². The summed E-state index contributed by atoms with van der Waals surface area (Å²) in [6, 6.07) is 5.94. The number of likely N-dealkylation sites (N-methyl/N-ethyl adjacent to an activating group) is 1. The van der Waals surface area contributed by atoms with E-state index in [4.69, 9.17) is 9.47 Å². The zero-order valence-corrected chi connectivity index (χ0v) is 19.7. The van der Waals surface area contributed by atoms with E-state index < -0.39 is 6.10 Å². The van der Waals surface area contributed by atoms with Gasteiger partial charge in [-0.05, 0) is 51.1 Å². The first-order valence-corrected chi connectivity index (χ1v) is 9.79. The Labute approximate surface area is 185 Å². The van der Waals surface area contributed by atoms with Crippen LogP contribution >= 0.6 is 24.0 Å². The highest BCUT2D eigenvalue weighted by Crippen LogP contribution is 2.29. The van der Waals surface area contributed by atoms with E-state index in [1.54, 1.807) is 26.4 Å². The molecular formula is C20H35IN4O3. The molecule has 2 rings (SSSR count). The summed E-state index contributed by atoms with van der Waals surface area (Å²) < 4.78 is 10.6. The number of nitrogens with one attached hydrogen (secondary N) is 2. The fourth-order valence-electron chi connectivity index (χ4n) is 3.47. The number of ether oxygens (including phenoxy) is 2. The molecule has 1 fully saturated rings. The smallest absolute Gasteiger partial charge is 0.191 e. The lowest BCUT2D eigenvalue weighted by Crippen LogP contribution is -2.45. The van der Waals surface area contributed by atoms with Crippen LogP contribution in [-0.4, -0.2) is 69.0 Å². The Morgan fingerprint density at radius 2 is 2.07 bits per heavy atom. The van der Waals surface area contributed by atoms with Crippen molar-refractivity contribution < 1.29 is 14.6 Å². The predicted octanol–water partition coefficient (Wildman–Crippen LogP) is 2.39. The average molecular weight is 506 g/mol. The van der Waals surface area contributed by atoms with Crippen molar-refractivity contribution in [2.75, 3.05) is 46.9 Å². The molecule has 1 saturated heterocycles. The van der Waals surface area contributed by atoms with Crippen molar-refractivity contribution in [1.29, 1.82) is 0 Å². The topological polar surface area (TPSA) is 78.4 Å². The molecule has 8 heteroatoms. The molecule has 3 N–H and O–H groups in total. The monoisotopic (exact) mass is 506 g/mol. The number of halogens is 1. The second-order valence-electron chi connectivity index (χ2n) is 6.65. The summed E-state index contributed by atoms with van der Waals surface area (Å²) in [5, 5.41) is 17.3. The van der Waals surface area contributed by atoms with Gasteiger partial charge < -0.3 is 25.2 Å². The van der Waals surface area contributed by atoms with Crippen LogP contribution in [0, 0.1) is 0 Å². The van der Waals surface area contributed by atoms with E-state index in [1.807, 2.05) is 13.0 Å². The summed E-state index contributed by atoms with van der Waals surface area (Å²) in [7, 11) is 3.19. The van der Waals surface area contributed by atoms with E-state index in [9.17, 15) is 5.11 Å². The summed E-state index contributed by atoms with van der Waals surface area (Å²) in [6.45, 7) is 8.35. The summed E-state index contributed by atoms with van der Waals surface area (Å²) in [4.78, 5) is 7.05. The number of likely N-dealkylation sites (tertiary alicyclic amines) is 1. The Balaban J connectivity index is 0.00000392. The van der Waals surface area contributed by atoms with Gasteiger partial charge in [0, 0.05) is 24.7 Å². The molecule has 1 aliphatic rings. The molecule has 160 valence electrons. The molecule has 0 bridgehead atoms. The van der Waals surface area contributed by atoms with Gasteiger partial charge in [0.15, 0.2) is 5.96 Å². The molecule has 2 atom stereocenters. The van der Waals surface area contributed by atoms with Crippen LogP contribution < -0.4 is 20.1 Å². The zero-order chi connectivity index (χ0) is 19.6. The molecule has 0 radical (unpaired) electrons. The summed E-state index contributed by atoms with van der Waals surface area (Å²) in [6.07, 6.45) is 1.69. The minimum absolute atomic E-state index is 0. The van der Waals surface area contributed by atoms with Gasteiger partial charge in [-0.25, -0.2) is 0 Å². The Morgan fingerprint density at radius 3 is 2.71 bits per heavy atom. The van der Waals surface area contributed by atoms with Gasteiger partial charge in [0.2, 0.25) is 0 Å². The Hall–Kier alpha value is -1.26. The number of rotatable bonds is 9. The number of guanidine groups is 1. The maximum Gasteiger partial charge on any atom is 0.191 e. The van der Waals surface area contributed by atoms with Crippen LogP contribution in [0.3, 0.4) is 0 Å². The van der Waals surface area contributed by atoms with Gasteiger partial charge in [0.25, 0.3) is 0 Å². The lowest BCUT2D eigenvalue weighted by Gasteiger charge is -2.24. The molecule has 0 spiro atoms. The number of aliphatic hydroxyl groups excluding tert-OH is 1. The first-order chi connectivity index (χ1) is 13.1. The Kier molecular flexibility index (Phi) is 11.6. The lowest BCUT2D eigenvalue weighted by molar-refractivity contribution is 0.182. The molecule has 1 heterocycles. The molecule has 1 aromatic rings. The van der Waals surface area contributed by atoms with Gasteiger partial charge in [-0.15, -0.1) is 24.0 Å². The molecule has 28 heavy (non-hydrogen) atoms. The molecule has 7 nitrogen and oxygen atoms in total. The molecule has 0 saturated carbocycles. The first-order valence-electron chi connectivity index (χ1n) is 9.79. The van der Waals surface area contributed by atoms with Crippen molar-refractivity contribution in [3.05, 3.63) is 23.8 Å². The van der Waals surface area contributed by atoms with Crippen molar-refractivity contribution in [3.8, 4) is 11.5 Å². The number of benzene rings is 1. The van der Waals surface area contributed by atoms with Crippen molar-refractivity contribution in [2.45, 2.75) is 38.8 Å². The number of hydrogen-bond donors (Lipinski definition) is 3. The number of nitrogens with zero attached hydrogens (tertiary/aromatic N) is 2. The minimum atomic E-state index is -0.774. The van der Waals surface area contributed by atoms with Gasteiger partial charge in [0.05, 0.1) is 20.8 Å². The number of methoxy groups -OCH3 is 2. The third-order valence-corrected chi connectivity index (χ3v) is 4.97. The second-order valence-corrected chi connectivity index (χ2v) is 6.65. The van der Waals surface area contributed by atoms with E-state index in [0.717, 1.165) is 25.6 Å². The third-order valence-electron chi connectivity index (χ3n) is 4.97. The van der Waals surface area contributed by atoms with E-state index in [0.29, 0.717) is 23.1 Å². The Bertz CT molecular complexity index is 615. The molecule has 1 aliphatic heterocycles. The summed E-state index contributed by atoms with van der Waals surface area (Å²) in [5.74, 6) is 2.03. The van der Waals surface area contributed by atoms with Gasteiger partial charge in [-0.3, -0.25) is 9.89 Å². The van der Waals surface area contributed by atoms with Crippen LogP contribution in [0.25, 0.3) is 0 Å². The summed E-state index contributed by atoms with van der Waals surface area (Å²) in [5.41, 5.74) is 0.671. The van der Waals surface area contributed by atoms with Crippen molar-refractivity contribution in [2.24, 2.45) is 4.99 Å². The predicted molar refractivity (Wildman–Crippen MR) is 124 cm³/mol. The average Bonchev–Trinajstić information content (AvgIpc) is 3.16. The fraction of sp³-hybridized carbons (Fsp3) is 0.650. The van der Waals surface area contributed by atoms with E-state index in [1.165, 1.54) is 19.4 Å². The summed E-state index contributed by atoms with van der Waals surface area (Å²) >= 11 is 0. The quantitative estimate of drug-likeness (QED) is 0.271. The highest BCUT2D eigenvalue weighted by molar-refractivity contribution is 14.0. The molecule has 0 aromatic heterocycles. The first kappa shape index (κ1) is 24.8. The highest BCUT2D eigenvalue weighted by atomic mass is 127. The van der Waals surface area contributed by atoms with Crippen LogP contribution in [0.1, 0.15) is 38.4 Å². The molecular weight excluding hydrogens is 471 g/mol. The molecule has 2 unspecified atom stereocenters. The van der Waals surface area contributed by atoms with E-state index >= 15 is 0 Å². The van der Waals surface area contributed by atoms with Gasteiger partial charge >= 0.3 is 0 Å². The van der Waals surface area contributed by atoms with Gasteiger partial charge in [-0.2, -0.15) is 0 Å². The fourth-order valence-corrected chi connectivity index (χ4v) is 3.47. The van der Waals surface area contributed by atoms with Gasteiger partial charge in [-0.1, -0.05) is 6.92 Å². The standard InChI is InChI=1S/C20H34N4O3.HI/c1-5-21-20(22-13-15-8-7-11-24(15)6-2)23-14-18(25)17-12-16(26-3)9-10-19(17)27-4;/h9-10,12,15,18,25H,5-8,11,13-14H2,1-4H3,(H2,21,22,23);1H. The number of hydrogen-bond acceptors (Lipinski definition) is 5. The van der Waals surface area contributed by atoms with Gasteiger partial charge in [0.1, 0.15) is 17.6 Å². The van der Waals surface area contributed by atoms with Crippen LogP contribution in [0.15, 0.2) is 23.2 Å². The lowest BCUT2D eigenvalue weighted by atomic mass is 10.1. The number of aliphatic imine (C=N–C) groups is 1. The van der Waals surface area contributed by atoms with Crippen LogP contribution in [0.2, 0.25) is 0 Å². The van der Waals surface area contributed by atoms with Crippen LogP contribution in [0.5, 0.6) is 11.5 Å². The highest BCUT2D eigenvalue weighted by Gasteiger charge is 2.23. The maximum atomic E-state index is 10.6. The number of aliphatic hydroxyl groups is 1. The van der Waals surface area contributed by atoms with Crippen LogP contribution in [0.4, 0.5) is 0 Å². The SMILES string of the molecule is CCNC(=NCC(O)c1cc(OC)ccc1OC)NCC1CCCN1CC.I. The normalized spacial score (nSPS) is 18.3. The minimum Gasteiger partial charge on any atom is -0.497 e. The van der Waals surface area contributed by atoms with Crippen molar-refractivity contribution >= 4 is 29.9 Å². The van der Waals surface area contributed by atoms with Crippen molar-refractivity contribution in [1.82, 2.24) is 15.5 Å². The molecule has 0 amide bonds.